The first kappa shape index (κ1) is 9.97. The summed E-state index contributed by atoms with van der Waals surface area (Å²) >= 11 is 0. The van der Waals surface area contributed by atoms with Crippen LogP contribution in [0.15, 0.2) is 12.4 Å². The van der Waals surface area contributed by atoms with Crippen LogP contribution in [0.3, 0.4) is 0 Å². The topological polar surface area (TPSA) is 79.0 Å². The smallest absolute Gasteiger partial charge is 0.319 e. The number of hydrogen-bond donors (Lipinski definition) is 3. The molecule has 1 aromatic rings. The zero-order valence-corrected chi connectivity index (χ0v) is 8.32. The average molecular weight is 210 g/mol. The number of anilines is 1. The van der Waals surface area contributed by atoms with E-state index < -0.39 is 0 Å². The summed E-state index contributed by atoms with van der Waals surface area (Å²) in [6.45, 7) is 1.36. The van der Waals surface area contributed by atoms with Gasteiger partial charge in [0.25, 0.3) is 0 Å². The lowest BCUT2D eigenvalue weighted by Gasteiger charge is -2.10. The van der Waals surface area contributed by atoms with Crippen LogP contribution in [0.25, 0.3) is 0 Å². The van der Waals surface area contributed by atoms with E-state index in [1.54, 1.807) is 12.4 Å². The highest BCUT2D eigenvalue weighted by Gasteiger charge is 2.15. The Bertz CT molecular complexity index is 306. The summed E-state index contributed by atoms with van der Waals surface area (Å²) in [5.74, 6) is 0. The minimum atomic E-state index is -0.230. The summed E-state index contributed by atoms with van der Waals surface area (Å²) in [4.78, 5) is 11.3. The Kier molecular flexibility index (Phi) is 3.18. The fourth-order valence-electron chi connectivity index (χ4n) is 1.51. The van der Waals surface area contributed by atoms with Crippen molar-refractivity contribution in [1.82, 2.24) is 15.5 Å². The Hall–Kier alpha value is -1.56. The van der Waals surface area contributed by atoms with Crippen molar-refractivity contribution in [2.24, 2.45) is 0 Å². The molecule has 1 atom stereocenters. The molecule has 6 heteroatoms. The zero-order valence-electron chi connectivity index (χ0n) is 8.32. The van der Waals surface area contributed by atoms with E-state index in [-0.39, 0.29) is 12.1 Å². The second-order valence-corrected chi connectivity index (χ2v) is 3.46. The van der Waals surface area contributed by atoms with E-state index >= 15 is 0 Å². The van der Waals surface area contributed by atoms with E-state index in [9.17, 15) is 4.79 Å². The van der Waals surface area contributed by atoms with Crippen molar-refractivity contribution in [2.75, 3.05) is 18.5 Å². The largest absolute Gasteiger partial charge is 0.376 e. The number of carbonyl (C=O) groups is 1. The summed E-state index contributed by atoms with van der Waals surface area (Å²) in [6.07, 6.45) is 5.43. The van der Waals surface area contributed by atoms with Crippen LogP contribution in [0, 0.1) is 0 Å². The van der Waals surface area contributed by atoms with Gasteiger partial charge in [0.1, 0.15) is 0 Å². The van der Waals surface area contributed by atoms with Crippen molar-refractivity contribution in [2.45, 2.75) is 18.9 Å². The van der Waals surface area contributed by atoms with Crippen molar-refractivity contribution >= 4 is 11.7 Å². The molecule has 1 fully saturated rings. The van der Waals surface area contributed by atoms with Crippen molar-refractivity contribution in [3.05, 3.63) is 12.4 Å². The van der Waals surface area contributed by atoms with E-state index in [2.05, 4.69) is 20.8 Å². The van der Waals surface area contributed by atoms with Crippen molar-refractivity contribution in [1.29, 1.82) is 0 Å². The van der Waals surface area contributed by atoms with Crippen molar-refractivity contribution < 1.29 is 9.53 Å². The van der Waals surface area contributed by atoms with Gasteiger partial charge >= 0.3 is 6.03 Å². The Morgan fingerprint density at radius 1 is 1.73 bits per heavy atom. The molecule has 0 saturated carbocycles. The number of aromatic amines is 1. The molecule has 2 heterocycles. The van der Waals surface area contributed by atoms with Gasteiger partial charge in [0.05, 0.1) is 18.0 Å². The highest BCUT2D eigenvalue weighted by atomic mass is 16.5. The van der Waals surface area contributed by atoms with Crippen LogP contribution in [0.1, 0.15) is 12.8 Å². The second kappa shape index (κ2) is 4.79. The predicted molar refractivity (Wildman–Crippen MR) is 54.6 cm³/mol. The predicted octanol–water partition coefficient (Wildman–Crippen LogP) is 0.710. The highest BCUT2D eigenvalue weighted by Crippen LogP contribution is 2.10. The standard InChI is InChI=1S/C9H14N4O2/c14-9(13-7-4-11-12-5-7)10-6-8-2-1-3-15-8/h4-5,8H,1-3,6H2,(H,11,12)(H2,10,13,14)/t8-/m0/s1. The number of amides is 2. The number of aromatic nitrogens is 2. The molecule has 2 rings (SSSR count). The lowest BCUT2D eigenvalue weighted by atomic mass is 10.2. The van der Waals surface area contributed by atoms with Crippen LogP contribution in [0.2, 0.25) is 0 Å². The highest BCUT2D eigenvalue weighted by molar-refractivity contribution is 5.88. The first-order valence-electron chi connectivity index (χ1n) is 5.00. The van der Waals surface area contributed by atoms with Crippen molar-refractivity contribution in [3.8, 4) is 0 Å². The number of H-pyrrole nitrogens is 1. The molecular weight excluding hydrogens is 196 g/mol. The summed E-state index contributed by atoms with van der Waals surface area (Å²) in [7, 11) is 0. The van der Waals surface area contributed by atoms with Crippen LogP contribution in [-0.4, -0.2) is 35.5 Å². The Labute approximate surface area is 87.4 Å². The van der Waals surface area contributed by atoms with Gasteiger partial charge in [0, 0.05) is 19.3 Å². The first-order valence-corrected chi connectivity index (χ1v) is 5.00. The van der Waals surface area contributed by atoms with E-state index in [4.69, 9.17) is 4.74 Å². The van der Waals surface area contributed by atoms with Gasteiger partial charge in [-0.05, 0) is 12.8 Å². The lowest BCUT2D eigenvalue weighted by molar-refractivity contribution is 0.112. The first-order chi connectivity index (χ1) is 7.34. The van der Waals surface area contributed by atoms with Gasteiger partial charge in [0.15, 0.2) is 0 Å². The number of urea groups is 1. The van der Waals surface area contributed by atoms with Crippen LogP contribution >= 0.6 is 0 Å². The molecule has 0 aromatic carbocycles. The number of ether oxygens (including phenoxy) is 1. The molecule has 0 aliphatic carbocycles. The van der Waals surface area contributed by atoms with Crippen LogP contribution in [0.4, 0.5) is 10.5 Å². The lowest BCUT2D eigenvalue weighted by Crippen LogP contribution is -2.34. The number of hydrogen-bond acceptors (Lipinski definition) is 3. The third-order valence-corrected chi connectivity index (χ3v) is 2.27. The Morgan fingerprint density at radius 2 is 2.67 bits per heavy atom. The zero-order chi connectivity index (χ0) is 10.5. The van der Waals surface area contributed by atoms with Gasteiger partial charge in [0.2, 0.25) is 0 Å². The third kappa shape index (κ3) is 2.95. The molecule has 1 aliphatic heterocycles. The van der Waals surface area contributed by atoms with Gasteiger partial charge in [-0.15, -0.1) is 0 Å². The minimum Gasteiger partial charge on any atom is -0.376 e. The van der Waals surface area contributed by atoms with Gasteiger partial charge in [-0.25, -0.2) is 4.79 Å². The third-order valence-electron chi connectivity index (χ3n) is 2.27. The normalized spacial score (nSPS) is 20.1. The van der Waals surface area contributed by atoms with Crippen molar-refractivity contribution in [3.63, 3.8) is 0 Å². The number of nitrogens with zero attached hydrogens (tertiary/aromatic N) is 1. The maximum absolute atomic E-state index is 11.3. The maximum Gasteiger partial charge on any atom is 0.319 e. The molecule has 82 valence electrons. The molecule has 1 saturated heterocycles. The van der Waals surface area contributed by atoms with E-state index in [1.807, 2.05) is 0 Å². The molecule has 1 aromatic heterocycles. The Balaban J connectivity index is 1.68. The average Bonchev–Trinajstić information content (AvgIpc) is 2.86. The fraction of sp³-hybridized carbons (Fsp3) is 0.556. The van der Waals surface area contributed by atoms with Gasteiger partial charge in [-0.1, -0.05) is 0 Å². The van der Waals surface area contributed by atoms with Gasteiger partial charge < -0.3 is 15.4 Å². The summed E-state index contributed by atoms with van der Waals surface area (Å²) in [6, 6.07) is -0.230. The molecule has 3 N–H and O–H groups in total. The quantitative estimate of drug-likeness (QED) is 0.687. The summed E-state index contributed by atoms with van der Waals surface area (Å²) < 4.78 is 5.38. The monoisotopic (exact) mass is 210 g/mol. The molecule has 0 spiro atoms. The second-order valence-electron chi connectivity index (χ2n) is 3.46. The van der Waals surface area contributed by atoms with Crippen LogP contribution in [0.5, 0.6) is 0 Å². The number of rotatable bonds is 3. The molecule has 1 aliphatic rings. The maximum atomic E-state index is 11.3. The fourth-order valence-corrected chi connectivity index (χ4v) is 1.51. The number of nitrogens with one attached hydrogen (secondary N) is 3. The summed E-state index contributed by atoms with van der Waals surface area (Å²) in [5.41, 5.74) is 0.653. The van der Waals surface area contributed by atoms with Gasteiger partial charge in [-0.2, -0.15) is 5.10 Å². The minimum absolute atomic E-state index is 0.167. The molecule has 0 bridgehead atoms. The summed E-state index contributed by atoms with van der Waals surface area (Å²) in [5, 5.41) is 11.7. The van der Waals surface area contributed by atoms with E-state index in [1.165, 1.54) is 0 Å². The molecule has 6 nitrogen and oxygen atoms in total. The molecular formula is C9H14N4O2. The molecule has 0 radical (unpaired) electrons. The number of carbonyl (C=O) groups excluding carboxylic acids is 1. The van der Waals surface area contributed by atoms with E-state index in [0.29, 0.717) is 12.2 Å². The molecule has 15 heavy (non-hydrogen) atoms. The van der Waals surface area contributed by atoms with Gasteiger partial charge in [-0.3, -0.25) is 5.10 Å². The van der Waals surface area contributed by atoms with Crippen LogP contribution < -0.4 is 10.6 Å². The van der Waals surface area contributed by atoms with Crippen LogP contribution in [-0.2, 0) is 4.74 Å². The Morgan fingerprint density at radius 3 is 3.33 bits per heavy atom. The SMILES string of the molecule is O=C(NC[C@@H]1CCCO1)Nc1cn[nH]c1. The molecule has 2 amide bonds. The molecule has 0 unspecified atom stereocenters. The van der Waals surface area contributed by atoms with E-state index in [0.717, 1.165) is 19.4 Å².